The number of nitrogens with zero attached hydrogens (tertiary/aromatic N) is 3. The molecule has 0 bridgehead atoms. The van der Waals surface area contributed by atoms with Crippen LogP contribution in [0.1, 0.15) is 12.8 Å². The Labute approximate surface area is 175 Å². The minimum atomic E-state index is -3.98. The van der Waals surface area contributed by atoms with Crippen molar-refractivity contribution in [1.29, 1.82) is 0 Å². The molecule has 14 heteroatoms. The summed E-state index contributed by atoms with van der Waals surface area (Å²) >= 11 is 0. The van der Waals surface area contributed by atoms with Gasteiger partial charge in [-0.3, -0.25) is 10.1 Å². The Morgan fingerprint density at radius 2 is 1.90 bits per heavy atom. The van der Waals surface area contributed by atoms with Gasteiger partial charge in [0.2, 0.25) is 10.0 Å². The molecule has 0 aromatic heterocycles. The second kappa shape index (κ2) is 9.11. The first-order valence-corrected chi connectivity index (χ1v) is 12.5. The van der Waals surface area contributed by atoms with Crippen LogP contribution in [0.3, 0.4) is 0 Å². The lowest BCUT2D eigenvalue weighted by Gasteiger charge is -2.36. The van der Waals surface area contributed by atoms with Gasteiger partial charge in [0.15, 0.2) is 0 Å². The molecule has 2 aliphatic heterocycles. The minimum Gasteiger partial charge on any atom is -0.379 e. The number of nitrogens with one attached hydrogen (secondary N) is 1. The van der Waals surface area contributed by atoms with Crippen LogP contribution in [0.5, 0.6) is 0 Å². The van der Waals surface area contributed by atoms with E-state index in [1.54, 1.807) is 0 Å². The fraction of sp³-hybridized carbons (Fsp3) is 0.625. The van der Waals surface area contributed by atoms with E-state index in [0.717, 1.165) is 12.5 Å². The molecule has 0 aliphatic carbocycles. The van der Waals surface area contributed by atoms with E-state index in [1.807, 2.05) is 4.90 Å². The van der Waals surface area contributed by atoms with Gasteiger partial charge in [-0.1, -0.05) is 0 Å². The summed E-state index contributed by atoms with van der Waals surface area (Å²) in [7, 11) is -7.80. The summed E-state index contributed by atoms with van der Waals surface area (Å²) in [6, 6.07) is 3.81. The zero-order chi connectivity index (χ0) is 21.9. The third-order valence-corrected chi connectivity index (χ3v) is 7.67. The van der Waals surface area contributed by atoms with Crippen molar-refractivity contribution in [2.75, 3.05) is 50.8 Å². The average Bonchev–Trinajstić information content (AvgIpc) is 2.72. The van der Waals surface area contributed by atoms with E-state index in [-0.39, 0.29) is 49.3 Å². The number of hydrogen-bond donors (Lipinski definition) is 2. The summed E-state index contributed by atoms with van der Waals surface area (Å²) in [6.07, 6.45) is 1.46. The third kappa shape index (κ3) is 5.44. The summed E-state index contributed by atoms with van der Waals surface area (Å²) in [5, 5.41) is 16.3. The first kappa shape index (κ1) is 22.8. The number of anilines is 1. The Morgan fingerprint density at radius 3 is 2.53 bits per heavy atom. The molecule has 168 valence electrons. The van der Waals surface area contributed by atoms with Gasteiger partial charge in [-0.15, -0.1) is 0 Å². The van der Waals surface area contributed by atoms with Crippen LogP contribution < -0.4 is 14.8 Å². The molecule has 3 rings (SSSR count). The number of non-ortho nitro benzene ring substituents is 1. The molecule has 0 unspecified atom stereocenters. The molecule has 2 fully saturated rings. The molecular formula is C16H25N5O7S2. The highest BCUT2D eigenvalue weighted by atomic mass is 32.2. The lowest BCUT2D eigenvalue weighted by molar-refractivity contribution is -0.385. The molecule has 2 saturated heterocycles. The maximum Gasteiger partial charge on any atom is 0.274 e. The zero-order valence-electron chi connectivity index (χ0n) is 16.3. The fourth-order valence-electron chi connectivity index (χ4n) is 3.69. The second-order valence-electron chi connectivity index (χ2n) is 7.27. The van der Waals surface area contributed by atoms with Crippen molar-refractivity contribution in [1.82, 2.24) is 9.03 Å². The van der Waals surface area contributed by atoms with Crippen LogP contribution in [0.15, 0.2) is 23.1 Å². The summed E-state index contributed by atoms with van der Waals surface area (Å²) < 4.78 is 57.7. The van der Waals surface area contributed by atoms with E-state index in [1.165, 1.54) is 16.4 Å². The maximum atomic E-state index is 13.3. The van der Waals surface area contributed by atoms with Crippen LogP contribution >= 0.6 is 0 Å². The van der Waals surface area contributed by atoms with Gasteiger partial charge >= 0.3 is 0 Å². The third-order valence-electron chi connectivity index (χ3n) is 5.17. The number of nitro benzene ring substituents is 1. The van der Waals surface area contributed by atoms with Crippen LogP contribution in [0.2, 0.25) is 0 Å². The topological polar surface area (TPSA) is 165 Å². The number of nitro groups is 1. The van der Waals surface area contributed by atoms with Crippen LogP contribution in [0, 0.1) is 16.0 Å². The number of hydrogen-bond acceptors (Lipinski definition) is 8. The van der Waals surface area contributed by atoms with Gasteiger partial charge < -0.3 is 9.64 Å². The second-order valence-corrected chi connectivity index (χ2v) is 10.6. The van der Waals surface area contributed by atoms with Crippen LogP contribution in [0.25, 0.3) is 0 Å². The molecule has 2 aliphatic rings. The maximum absolute atomic E-state index is 13.3. The fourth-order valence-corrected chi connectivity index (χ4v) is 5.80. The van der Waals surface area contributed by atoms with E-state index < -0.39 is 25.2 Å². The molecule has 0 radical (unpaired) electrons. The lowest BCUT2D eigenvalue weighted by Crippen LogP contribution is -2.44. The molecule has 12 nitrogen and oxygen atoms in total. The highest BCUT2D eigenvalue weighted by Gasteiger charge is 2.33. The van der Waals surface area contributed by atoms with Crippen molar-refractivity contribution < 1.29 is 26.5 Å². The molecule has 3 N–H and O–H groups in total. The van der Waals surface area contributed by atoms with Crippen molar-refractivity contribution in [3.8, 4) is 0 Å². The van der Waals surface area contributed by atoms with Gasteiger partial charge in [0.25, 0.3) is 15.9 Å². The van der Waals surface area contributed by atoms with Gasteiger partial charge in [0.05, 0.1) is 23.8 Å². The molecule has 0 amide bonds. The first-order valence-electron chi connectivity index (χ1n) is 9.46. The molecule has 0 spiro atoms. The van der Waals surface area contributed by atoms with Crippen LogP contribution in [-0.2, 0) is 25.0 Å². The van der Waals surface area contributed by atoms with E-state index in [0.29, 0.717) is 25.2 Å². The normalized spacial score (nSPS) is 21.5. The summed E-state index contributed by atoms with van der Waals surface area (Å²) in [4.78, 5) is 12.3. The largest absolute Gasteiger partial charge is 0.379 e. The van der Waals surface area contributed by atoms with E-state index in [9.17, 15) is 26.9 Å². The Morgan fingerprint density at radius 1 is 1.20 bits per heavy atom. The summed E-state index contributed by atoms with van der Waals surface area (Å²) in [5.41, 5.74) is 0.0578. The van der Waals surface area contributed by atoms with Crippen molar-refractivity contribution >= 4 is 31.6 Å². The van der Waals surface area contributed by atoms with Gasteiger partial charge in [-0.2, -0.15) is 12.7 Å². The van der Waals surface area contributed by atoms with Crippen molar-refractivity contribution in [2.45, 2.75) is 17.7 Å². The highest BCUT2D eigenvalue weighted by molar-refractivity contribution is 7.89. The Bertz CT molecular complexity index is 993. The van der Waals surface area contributed by atoms with Gasteiger partial charge in [0.1, 0.15) is 4.90 Å². The highest BCUT2D eigenvalue weighted by Crippen LogP contribution is 2.34. The van der Waals surface area contributed by atoms with Crippen LogP contribution in [-0.4, -0.2) is 72.0 Å². The van der Waals surface area contributed by atoms with Crippen LogP contribution in [0.4, 0.5) is 11.4 Å². The minimum absolute atomic E-state index is 0.0776. The number of nitrogens with two attached hydrogens (primary N) is 1. The van der Waals surface area contributed by atoms with E-state index in [4.69, 9.17) is 9.88 Å². The Balaban J connectivity index is 1.92. The van der Waals surface area contributed by atoms with E-state index in [2.05, 4.69) is 4.72 Å². The molecule has 2 heterocycles. The standard InChI is InChI=1S/C16H25N5O7S2/c17-30(26,27)18-11-13-2-1-5-19(12-13)15-4-3-14(21(22)23)10-16(15)29(24,25)20-6-8-28-9-7-20/h3-4,10,13,18H,1-2,5-9,11-12H2,(H2,17,26,27)/t13-/m0/s1. The van der Waals surface area contributed by atoms with Gasteiger partial charge in [-0.25, -0.2) is 18.3 Å². The molecule has 1 aromatic rings. The van der Waals surface area contributed by atoms with Crippen molar-refractivity contribution in [2.24, 2.45) is 11.1 Å². The number of morpholine rings is 1. The quantitative estimate of drug-likeness (QED) is 0.408. The Kier molecular flexibility index (Phi) is 6.94. The number of sulfonamides is 1. The summed E-state index contributed by atoms with van der Waals surface area (Å²) in [6.45, 7) is 1.94. The smallest absolute Gasteiger partial charge is 0.274 e. The SMILES string of the molecule is NS(=O)(=O)NC[C@@H]1CCCN(c2ccc([N+](=O)[O-])cc2S(=O)(=O)N2CCOCC2)C1. The summed E-state index contributed by atoms with van der Waals surface area (Å²) in [5.74, 6) is -0.0776. The molecule has 1 aromatic carbocycles. The number of rotatable bonds is 7. The van der Waals surface area contributed by atoms with Crippen molar-refractivity contribution in [3.63, 3.8) is 0 Å². The molecule has 1 atom stereocenters. The predicted molar refractivity (Wildman–Crippen MR) is 109 cm³/mol. The predicted octanol–water partition coefficient (Wildman–Crippen LogP) is -0.375. The lowest BCUT2D eigenvalue weighted by atomic mass is 9.98. The van der Waals surface area contributed by atoms with E-state index >= 15 is 0 Å². The monoisotopic (exact) mass is 463 g/mol. The molecule has 0 saturated carbocycles. The number of ether oxygens (including phenoxy) is 1. The molecule has 30 heavy (non-hydrogen) atoms. The zero-order valence-corrected chi connectivity index (χ0v) is 17.9. The first-order chi connectivity index (χ1) is 14.1. The number of piperidine rings is 1. The number of benzene rings is 1. The van der Waals surface area contributed by atoms with Crippen molar-refractivity contribution in [3.05, 3.63) is 28.3 Å². The Hall–Kier alpha value is -1.84. The average molecular weight is 464 g/mol. The van der Waals surface area contributed by atoms with Gasteiger partial charge in [0, 0.05) is 44.9 Å². The molecular weight excluding hydrogens is 438 g/mol. The van der Waals surface area contributed by atoms with Gasteiger partial charge in [-0.05, 0) is 24.8 Å².